The molecule has 2 aromatic rings. The average Bonchev–Trinajstić information content (AvgIpc) is 2.63. The van der Waals surface area contributed by atoms with Crippen LogP contribution in [0.15, 0.2) is 18.2 Å². The maximum Gasteiger partial charge on any atom is 0.169 e. The number of benzene rings is 1. The predicted molar refractivity (Wildman–Crippen MR) is 64.3 cm³/mol. The SMILES string of the molecule is CCc1c(N)nnn1Cc1ccc(F)cc1Cl. The lowest BCUT2D eigenvalue weighted by Crippen LogP contribution is -2.07. The summed E-state index contributed by atoms with van der Waals surface area (Å²) in [5, 5.41) is 8.12. The zero-order valence-corrected chi connectivity index (χ0v) is 10.1. The van der Waals surface area contributed by atoms with Gasteiger partial charge in [0.05, 0.1) is 12.2 Å². The zero-order chi connectivity index (χ0) is 12.4. The minimum atomic E-state index is -0.354. The summed E-state index contributed by atoms with van der Waals surface area (Å²) in [5.41, 5.74) is 7.32. The Bertz CT molecular complexity index is 538. The van der Waals surface area contributed by atoms with Crippen LogP contribution in [0.5, 0.6) is 0 Å². The normalized spacial score (nSPS) is 10.8. The van der Waals surface area contributed by atoms with Gasteiger partial charge in [-0.05, 0) is 24.1 Å². The number of nitrogens with zero attached hydrogens (tertiary/aromatic N) is 3. The van der Waals surface area contributed by atoms with E-state index in [-0.39, 0.29) is 5.82 Å². The van der Waals surface area contributed by atoms with Crippen LogP contribution < -0.4 is 5.73 Å². The van der Waals surface area contributed by atoms with Crippen LogP contribution in [0.4, 0.5) is 10.2 Å². The molecule has 0 spiro atoms. The van der Waals surface area contributed by atoms with Crippen molar-refractivity contribution in [1.29, 1.82) is 0 Å². The van der Waals surface area contributed by atoms with Crippen molar-refractivity contribution < 1.29 is 4.39 Å². The monoisotopic (exact) mass is 254 g/mol. The number of halogens is 2. The summed E-state index contributed by atoms with van der Waals surface area (Å²) < 4.78 is 14.6. The third-order valence-electron chi connectivity index (χ3n) is 2.54. The highest BCUT2D eigenvalue weighted by Gasteiger charge is 2.10. The number of rotatable bonds is 3. The van der Waals surface area contributed by atoms with Crippen LogP contribution >= 0.6 is 11.6 Å². The topological polar surface area (TPSA) is 56.7 Å². The molecule has 1 aromatic carbocycles. The Morgan fingerprint density at radius 3 is 2.88 bits per heavy atom. The van der Waals surface area contributed by atoms with E-state index in [4.69, 9.17) is 17.3 Å². The first-order valence-electron chi connectivity index (χ1n) is 5.23. The molecule has 0 aliphatic carbocycles. The number of anilines is 1. The molecule has 6 heteroatoms. The Morgan fingerprint density at radius 1 is 1.47 bits per heavy atom. The van der Waals surface area contributed by atoms with Crippen molar-refractivity contribution >= 4 is 17.4 Å². The van der Waals surface area contributed by atoms with Gasteiger partial charge in [-0.15, -0.1) is 5.10 Å². The fourth-order valence-electron chi connectivity index (χ4n) is 1.65. The molecule has 2 N–H and O–H groups in total. The average molecular weight is 255 g/mol. The van der Waals surface area contributed by atoms with E-state index in [1.165, 1.54) is 12.1 Å². The van der Waals surface area contributed by atoms with Crippen molar-refractivity contribution in [3.8, 4) is 0 Å². The molecule has 0 atom stereocenters. The minimum Gasteiger partial charge on any atom is -0.381 e. The quantitative estimate of drug-likeness (QED) is 0.914. The van der Waals surface area contributed by atoms with Gasteiger partial charge in [-0.1, -0.05) is 29.8 Å². The lowest BCUT2D eigenvalue weighted by Gasteiger charge is -2.07. The van der Waals surface area contributed by atoms with Gasteiger partial charge in [0, 0.05) is 5.02 Å². The fourth-order valence-corrected chi connectivity index (χ4v) is 1.88. The van der Waals surface area contributed by atoms with Gasteiger partial charge in [-0.3, -0.25) is 0 Å². The van der Waals surface area contributed by atoms with Crippen molar-refractivity contribution in [3.63, 3.8) is 0 Å². The second-order valence-electron chi connectivity index (χ2n) is 3.67. The van der Waals surface area contributed by atoms with Gasteiger partial charge in [0.15, 0.2) is 5.82 Å². The van der Waals surface area contributed by atoms with E-state index in [0.717, 1.165) is 17.7 Å². The molecule has 0 unspecified atom stereocenters. The highest BCUT2D eigenvalue weighted by Crippen LogP contribution is 2.19. The van der Waals surface area contributed by atoms with Crippen molar-refractivity contribution in [2.45, 2.75) is 19.9 Å². The van der Waals surface area contributed by atoms with Crippen LogP contribution in [0.1, 0.15) is 18.2 Å². The molecule has 0 saturated carbocycles. The number of hydrogen-bond acceptors (Lipinski definition) is 3. The summed E-state index contributed by atoms with van der Waals surface area (Å²) >= 11 is 5.95. The Hall–Kier alpha value is -1.62. The Kier molecular flexibility index (Phi) is 3.28. The molecule has 2 rings (SSSR count). The molecule has 0 bridgehead atoms. The first-order chi connectivity index (χ1) is 8.11. The smallest absolute Gasteiger partial charge is 0.169 e. The second kappa shape index (κ2) is 4.71. The highest BCUT2D eigenvalue weighted by molar-refractivity contribution is 6.31. The molecular weight excluding hydrogens is 243 g/mol. The van der Waals surface area contributed by atoms with Gasteiger partial charge < -0.3 is 5.73 Å². The Labute approximate surface area is 103 Å². The van der Waals surface area contributed by atoms with E-state index >= 15 is 0 Å². The molecule has 0 amide bonds. The van der Waals surface area contributed by atoms with Crippen LogP contribution in [0.25, 0.3) is 0 Å². The summed E-state index contributed by atoms with van der Waals surface area (Å²) in [6, 6.07) is 4.28. The molecule has 4 nitrogen and oxygen atoms in total. The number of aromatic nitrogens is 3. The molecule has 1 heterocycles. The molecular formula is C11H12ClFN4. The number of nitrogens with two attached hydrogens (primary N) is 1. The second-order valence-corrected chi connectivity index (χ2v) is 4.08. The molecule has 1 aromatic heterocycles. The maximum atomic E-state index is 12.9. The predicted octanol–water partition coefficient (Wildman–Crippen LogP) is 2.26. The van der Waals surface area contributed by atoms with E-state index in [1.54, 1.807) is 10.7 Å². The largest absolute Gasteiger partial charge is 0.381 e. The summed E-state index contributed by atoms with van der Waals surface area (Å²) in [6.07, 6.45) is 0.734. The zero-order valence-electron chi connectivity index (χ0n) is 9.32. The molecule has 17 heavy (non-hydrogen) atoms. The Balaban J connectivity index is 2.31. The van der Waals surface area contributed by atoms with E-state index in [2.05, 4.69) is 10.3 Å². The maximum absolute atomic E-state index is 12.9. The number of hydrogen-bond donors (Lipinski definition) is 1. The molecule has 0 radical (unpaired) electrons. The lowest BCUT2D eigenvalue weighted by atomic mass is 10.2. The fraction of sp³-hybridized carbons (Fsp3) is 0.273. The van der Waals surface area contributed by atoms with E-state index in [0.29, 0.717) is 17.4 Å². The van der Waals surface area contributed by atoms with Crippen LogP contribution in [-0.2, 0) is 13.0 Å². The minimum absolute atomic E-state index is 0.354. The van der Waals surface area contributed by atoms with Crippen LogP contribution in [0, 0.1) is 5.82 Å². The summed E-state index contributed by atoms with van der Waals surface area (Å²) in [7, 11) is 0. The highest BCUT2D eigenvalue weighted by atomic mass is 35.5. The standard InChI is InChI=1S/C11H12ClFN4/c1-2-10-11(14)15-16-17(10)6-7-3-4-8(13)5-9(7)12/h3-5H,2,6,14H2,1H3. The number of nitrogen functional groups attached to an aromatic ring is 1. The van der Waals surface area contributed by atoms with E-state index < -0.39 is 0 Å². The van der Waals surface area contributed by atoms with Crippen LogP contribution in [0.2, 0.25) is 5.02 Å². The van der Waals surface area contributed by atoms with Gasteiger partial charge in [-0.2, -0.15) is 0 Å². The van der Waals surface area contributed by atoms with Crippen molar-refractivity contribution in [2.24, 2.45) is 0 Å². The third-order valence-corrected chi connectivity index (χ3v) is 2.89. The van der Waals surface area contributed by atoms with Crippen molar-refractivity contribution in [1.82, 2.24) is 15.0 Å². The Morgan fingerprint density at radius 2 is 2.24 bits per heavy atom. The molecule has 90 valence electrons. The molecule has 0 aliphatic heterocycles. The van der Waals surface area contributed by atoms with Gasteiger partial charge in [-0.25, -0.2) is 9.07 Å². The van der Waals surface area contributed by atoms with Gasteiger partial charge in [0.2, 0.25) is 0 Å². The molecule has 0 fully saturated rings. The van der Waals surface area contributed by atoms with Gasteiger partial charge >= 0.3 is 0 Å². The lowest BCUT2D eigenvalue weighted by molar-refractivity contribution is 0.612. The van der Waals surface area contributed by atoms with E-state index in [1.807, 2.05) is 6.92 Å². The van der Waals surface area contributed by atoms with Crippen LogP contribution in [0.3, 0.4) is 0 Å². The van der Waals surface area contributed by atoms with Crippen molar-refractivity contribution in [3.05, 3.63) is 40.3 Å². The van der Waals surface area contributed by atoms with Crippen LogP contribution in [-0.4, -0.2) is 15.0 Å². The molecule has 0 saturated heterocycles. The van der Waals surface area contributed by atoms with E-state index in [9.17, 15) is 4.39 Å². The van der Waals surface area contributed by atoms with Crippen molar-refractivity contribution in [2.75, 3.05) is 5.73 Å². The third kappa shape index (κ3) is 2.39. The van der Waals surface area contributed by atoms with Gasteiger partial charge in [0.25, 0.3) is 0 Å². The molecule has 0 aliphatic rings. The summed E-state index contributed by atoms with van der Waals surface area (Å²) in [5.74, 6) is 0.0679. The summed E-state index contributed by atoms with van der Waals surface area (Å²) in [4.78, 5) is 0. The first-order valence-corrected chi connectivity index (χ1v) is 5.61. The summed E-state index contributed by atoms with van der Waals surface area (Å²) in [6.45, 7) is 2.41. The van der Waals surface area contributed by atoms with Gasteiger partial charge in [0.1, 0.15) is 5.82 Å². The first kappa shape index (κ1) is 11.9.